The summed E-state index contributed by atoms with van der Waals surface area (Å²) in [4.78, 5) is 24.4. The first-order chi connectivity index (χ1) is 19.3. The number of hydrogen-bond donors (Lipinski definition) is 1. The molecule has 0 aromatic heterocycles. The van der Waals surface area contributed by atoms with Crippen molar-refractivity contribution in [2.24, 2.45) is 0 Å². The standard InChI is InChI=1S/C22H29NO.C15H16O/c1-4-16-22(17-5-2,20-14-10-7-11-15-20)21(24)23-18(3)19-12-8-6-9-13-19;1-4-5-6-7-12(2)14-8-10-15(11-9-14)13(3)16/h6-15,18H,4-5,16-17H2,1-3H3,(H,23,24);4-11H,1H2,2-3H3/b;6-5-,12-7+/t18-;/m0./s1. The van der Waals surface area contributed by atoms with Crippen molar-refractivity contribution in [2.45, 2.75) is 71.8 Å². The molecule has 1 N–H and O–H groups in total. The van der Waals surface area contributed by atoms with E-state index in [1.54, 1.807) is 13.0 Å². The average molecular weight is 536 g/mol. The second-order valence-electron chi connectivity index (χ2n) is 10.2. The maximum absolute atomic E-state index is 13.3. The summed E-state index contributed by atoms with van der Waals surface area (Å²) in [5.74, 6) is 0.244. The molecule has 0 saturated carbocycles. The van der Waals surface area contributed by atoms with Gasteiger partial charge in [-0.05, 0) is 55.9 Å². The number of benzene rings is 3. The largest absolute Gasteiger partial charge is 0.349 e. The molecule has 0 bridgehead atoms. The molecule has 0 aliphatic carbocycles. The number of amides is 1. The van der Waals surface area contributed by atoms with Crippen molar-refractivity contribution < 1.29 is 9.59 Å². The van der Waals surface area contributed by atoms with E-state index in [1.165, 1.54) is 0 Å². The van der Waals surface area contributed by atoms with E-state index in [1.807, 2.05) is 85.8 Å². The molecule has 0 radical (unpaired) electrons. The molecule has 0 unspecified atom stereocenters. The molecule has 0 heterocycles. The van der Waals surface area contributed by atoms with Gasteiger partial charge >= 0.3 is 0 Å². The lowest BCUT2D eigenvalue weighted by molar-refractivity contribution is -0.128. The second kappa shape index (κ2) is 16.9. The van der Waals surface area contributed by atoms with Crippen molar-refractivity contribution in [3.8, 4) is 0 Å². The van der Waals surface area contributed by atoms with Gasteiger partial charge in [-0.2, -0.15) is 0 Å². The highest BCUT2D eigenvalue weighted by Gasteiger charge is 2.38. The van der Waals surface area contributed by atoms with Gasteiger partial charge in [-0.1, -0.05) is 143 Å². The Kier molecular flexibility index (Phi) is 13.6. The van der Waals surface area contributed by atoms with Crippen LogP contribution in [0.4, 0.5) is 0 Å². The molecule has 3 nitrogen and oxygen atoms in total. The Labute approximate surface area is 241 Å². The molecule has 0 spiro atoms. The van der Waals surface area contributed by atoms with Crippen LogP contribution in [0.3, 0.4) is 0 Å². The van der Waals surface area contributed by atoms with Gasteiger partial charge in [0, 0.05) is 5.56 Å². The van der Waals surface area contributed by atoms with Crippen LogP contribution in [0.15, 0.2) is 116 Å². The van der Waals surface area contributed by atoms with Crippen molar-refractivity contribution in [3.63, 3.8) is 0 Å². The molecule has 210 valence electrons. The van der Waals surface area contributed by atoms with Crippen LogP contribution in [-0.2, 0) is 10.2 Å². The summed E-state index contributed by atoms with van der Waals surface area (Å²) in [6, 6.07) is 28.1. The molecule has 1 atom stereocenters. The number of carbonyl (C=O) groups excluding carboxylic acids is 2. The van der Waals surface area contributed by atoms with Crippen LogP contribution in [0.2, 0.25) is 0 Å². The molecule has 3 aromatic rings. The zero-order chi connectivity index (χ0) is 29.4. The molecule has 40 heavy (non-hydrogen) atoms. The molecule has 3 aromatic carbocycles. The highest BCUT2D eigenvalue weighted by molar-refractivity contribution is 5.94. The molecule has 0 saturated heterocycles. The van der Waals surface area contributed by atoms with Gasteiger partial charge in [-0.3, -0.25) is 9.59 Å². The number of carbonyl (C=O) groups is 2. The van der Waals surface area contributed by atoms with Crippen molar-refractivity contribution in [3.05, 3.63) is 138 Å². The van der Waals surface area contributed by atoms with E-state index in [4.69, 9.17) is 0 Å². The first-order valence-electron chi connectivity index (χ1n) is 14.3. The van der Waals surface area contributed by atoms with Crippen LogP contribution in [-0.4, -0.2) is 11.7 Å². The van der Waals surface area contributed by atoms with Gasteiger partial charge in [0.2, 0.25) is 5.91 Å². The predicted molar refractivity (Wildman–Crippen MR) is 170 cm³/mol. The molecule has 3 rings (SSSR count). The number of rotatable bonds is 12. The van der Waals surface area contributed by atoms with E-state index in [-0.39, 0.29) is 17.7 Å². The van der Waals surface area contributed by atoms with E-state index < -0.39 is 5.41 Å². The van der Waals surface area contributed by atoms with Gasteiger partial charge in [-0.25, -0.2) is 0 Å². The Morgan fingerprint density at radius 3 is 1.82 bits per heavy atom. The van der Waals surface area contributed by atoms with Gasteiger partial charge < -0.3 is 5.32 Å². The van der Waals surface area contributed by atoms with Crippen LogP contribution in [0.5, 0.6) is 0 Å². The summed E-state index contributed by atoms with van der Waals surface area (Å²) >= 11 is 0. The number of Topliss-reactive ketones (excluding diaryl/α,β-unsaturated/α-hetero) is 1. The lowest BCUT2D eigenvalue weighted by atomic mass is 9.72. The normalized spacial score (nSPS) is 12.3. The number of ketones is 1. The van der Waals surface area contributed by atoms with E-state index in [2.05, 4.69) is 56.9 Å². The molecule has 0 aliphatic rings. The van der Waals surface area contributed by atoms with Gasteiger partial charge in [-0.15, -0.1) is 0 Å². The fourth-order valence-electron chi connectivity index (χ4n) is 4.88. The minimum atomic E-state index is -0.437. The van der Waals surface area contributed by atoms with Gasteiger partial charge in [0.05, 0.1) is 11.5 Å². The maximum atomic E-state index is 13.3. The summed E-state index contributed by atoms with van der Waals surface area (Å²) < 4.78 is 0. The number of nitrogens with one attached hydrogen (secondary N) is 1. The smallest absolute Gasteiger partial charge is 0.231 e. The van der Waals surface area contributed by atoms with E-state index >= 15 is 0 Å². The Morgan fingerprint density at radius 2 is 1.32 bits per heavy atom. The quantitative estimate of drug-likeness (QED) is 0.185. The number of hydrogen-bond acceptors (Lipinski definition) is 2. The topological polar surface area (TPSA) is 46.2 Å². The van der Waals surface area contributed by atoms with Crippen molar-refractivity contribution in [1.29, 1.82) is 0 Å². The predicted octanol–water partition coefficient (Wildman–Crippen LogP) is 9.44. The fraction of sp³-hybridized carbons (Fsp3) is 0.297. The molecular formula is C37H45NO2. The SMILES string of the molecule is C=C/C=C\C=C(/C)c1ccc(C(C)=O)cc1.CCCC(CCC)(C(=O)N[C@@H](C)c1ccccc1)c1ccccc1. The first-order valence-corrected chi connectivity index (χ1v) is 14.3. The van der Waals surface area contributed by atoms with Crippen LogP contribution >= 0.6 is 0 Å². The molecule has 0 fully saturated rings. The van der Waals surface area contributed by atoms with Crippen molar-refractivity contribution in [1.82, 2.24) is 5.32 Å². The lowest BCUT2D eigenvalue weighted by Crippen LogP contribution is -2.45. The summed E-state index contributed by atoms with van der Waals surface area (Å²) in [6.45, 7) is 13.6. The summed E-state index contributed by atoms with van der Waals surface area (Å²) in [6.07, 6.45) is 11.3. The minimum absolute atomic E-state index is 0.00972. The van der Waals surface area contributed by atoms with Crippen molar-refractivity contribution in [2.75, 3.05) is 0 Å². The zero-order valence-corrected chi connectivity index (χ0v) is 24.8. The first kappa shape index (κ1) is 32.2. The van der Waals surface area contributed by atoms with Gasteiger partial charge in [0.25, 0.3) is 0 Å². The molecular weight excluding hydrogens is 490 g/mol. The second-order valence-corrected chi connectivity index (χ2v) is 10.2. The van der Waals surface area contributed by atoms with E-state index in [0.29, 0.717) is 0 Å². The van der Waals surface area contributed by atoms with E-state index in [0.717, 1.165) is 53.5 Å². The highest BCUT2D eigenvalue weighted by atomic mass is 16.2. The van der Waals surface area contributed by atoms with Gasteiger partial charge in [0.1, 0.15) is 0 Å². The van der Waals surface area contributed by atoms with Crippen LogP contribution in [0, 0.1) is 0 Å². The molecule has 1 amide bonds. The Balaban J connectivity index is 0.000000305. The highest BCUT2D eigenvalue weighted by Crippen LogP contribution is 2.35. The Morgan fingerprint density at radius 1 is 0.800 bits per heavy atom. The van der Waals surface area contributed by atoms with Crippen LogP contribution < -0.4 is 5.32 Å². The monoisotopic (exact) mass is 535 g/mol. The number of allylic oxidation sites excluding steroid dienone is 5. The molecule has 0 aliphatic heterocycles. The summed E-state index contributed by atoms with van der Waals surface area (Å²) in [7, 11) is 0. The zero-order valence-electron chi connectivity index (χ0n) is 24.8. The van der Waals surface area contributed by atoms with Crippen LogP contribution in [0.1, 0.15) is 93.4 Å². The molecule has 3 heteroatoms. The van der Waals surface area contributed by atoms with Crippen molar-refractivity contribution >= 4 is 17.3 Å². The lowest BCUT2D eigenvalue weighted by Gasteiger charge is -2.34. The summed E-state index contributed by atoms with van der Waals surface area (Å²) in [5, 5.41) is 3.27. The maximum Gasteiger partial charge on any atom is 0.231 e. The van der Waals surface area contributed by atoms with E-state index in [9.17, 15) is 9.59 Å². The average Bonchev–Trinajstić information content (AvgIpc) is 2.98. The third-order valence-corrected chi connectivity index (χ3v) is 7.10. The van der Waals surface area contributed by atoms with Crippen LogP contribution in [0.25, 0.3) is 5.57 Å². The van der Waals surface area contributed by atoms with Gasteiger partial charge in [0.15, 0.2) is 5.78 Å². The minimum Gasteiger partial charge on any atom is -0.349 e. The fourth-order valence-corrected chi connectivity index (χ4v) is 4.88. The third kappa shape index (κ3) is 9.34. The summed E-state index contributed by atoms with van der Waals surface area (Å²) in [5.41, 5.74) is 4.87. The third-order valence-electron chi connectivity index (χ3n) is 7.10. The Hall–Kier alpha value is -3.98. The Bertz CT molecular complexity index is 1250.